The van der Waals surface area contributed by atoms with Crippen LogP contribution in [0.2, 0.25) is 0 Å². The maximum absolute atomic E-state index is 12.1. The lowest BCUT2D eigenvalue weighted by Crippen LogP contribution is -2.28. The normalized spacial score (nSPS) is 10.6. The van der Waals surface area contributed by atoms with Gasteiger partial charge in [0.25, 0.3) is 5.91 Å². The molecule has 0 aromatic carbocycles. The summed E-state index contributed by atoms with van der Waals surface area (Å²) >= 11 is 0. The Morgan fingerprint density at radius 3 is 2.89 bits per heavy atom. The maximum atomic E-state index is 12.1. The molecule has 2 aromatic heterocycles. The molecule has 100 valence electrons. The second kappa shape index (κ2) is 5.51. The number of imidazole rings is 1. The second-order valence-electron chi connectivity index (χ2n) is 4.32. The van der Waals surface area contributed by atoms with E-state index >= 15 is 0 Å². The molecule has 0 fully saturated rings. The molecule has 1 amide bonds. The van der Waals surface area contributed by atoms with Crippen molar-refractivity contribution in [3.8, 4) is 0 Å². The van der Waals surface area contributed by atoms with Crippen molar-refractivity contribution in [1.82, 2.24) is 14.3 Å². The number of aliphatic carboxylic acids is 1. The number of hydrogen-bond donors (Lipinski definition) is 1. The van der Waals surface area contributed by atoms with Crippen LogP contribution in [-0.4, -0.2) is 44.9 Å². The van der Waals surface area contributed by atoms with Gasteiger partial charge in [-0.1, -0.05) is 6.07 Å². The van der Waals surface area contributed by atoms with Crippen LogP contribution < -0.4 is 0 Å². The molecule has 6 heteroatoms. The number of carbonyl (C=O) groups is 2. The first-order valence-corrected chi connectivity index (χ1v) is 5.99. The fourth-order valence-electron chi connectivity index (χ4n) is 1.80. The Labute approximate surface area is 110 Å². The minimum atomic E-state index is -0.853. The largest absolute Gasteiger partial charge is 0.481 e. The lowest BCUT2D eigenvalue weighted by molar-refractivity contribution is -0.137. The number of carbonyl (C=O) groups excluding carboxylic acids is 1. The van der Waals surface area contributed by atoms with Gasteiger partial charge >= 0.3 is 5.97 Å². The summed E-state index contributed by atoms with van der Waals surface area (Å²) in [6.07, 6.45) is 3.99. The Kier molecular flexibility index (Phi) is 3.79. The molecule has 2 rings (SSSR count). The monoisotopic (exact) mass is 261 g/mol. The van der Waals surface area contributed by atoms with Gasteiger partial charge in [-0.15, -0.1) is 0 Å². The van der Waals surface area contributed by atoms with E-state index in [-0.39, 0.29) is 12.3 Å². The van der Waals surface area contributed by atoms with E-state index in [0.29, 0.717) is 24.3 Å². The van der Waals surface area contributed by atoms with Crippen molar-refractivity contribution < 1.29 is 14.7 Å². The Morgan fingerprint density at radius 1 is 1.42 bits per heavy atom. The first-order valence-electron chi connectivity index (χ1n) is 5.99. The number of pyridine rings is 1. The van der Waals surface area contributed by atoms with Crippen LogP contribution in [0.1, 0.15) is 23.3 Å². The van der Waals surface area contributed by atoms with Crippen LogP contribution >= 0.6 is 0 Å². The minimum Gasteiger partial charge on any atom is -0.481 e. The van der Waals surface area contributed by atoms with Crippen molar-refractivity contribution in [3.63, 3.8) is 0 Å². The van der Waals surface area contributed by atoms with Crippen LogP contribution in [0.25, 0.3) is 5.65 Å². The highest BCUT2D eigenvalue weighted by Crippen LogP contribution is 2.07. The van der Waals surface area contributed by atoms with Crippen molar-refractivity contribution in [2.45, 2.75) is 12.8 Å². The van der Waals surface area contributed by atoms with Crippen LogP contribution in [-0.2, 0) is 4.79 Å². The van der Waals surface area contributed by atoms with Gasteiger partial charge in [-0.05, 0) is 18.6 Å². The summed E-state index contributed by atoms with van der Waals surface area (Å²) in [4.78, 5) is 28.2. The van der Waals surface area contributed by atoms with E-state index in [2.05, 4.69) is 4.98 Å². The molecular weight excluding hydrogens is 246 g/mol. The molecule has 0 radical (unpaired) electrons. The molecule has 0 spiro atoms. The van der Waals surface area contributed by atoms with Crippen molar-refractivity contribution in [2.75, 3.05) is 13.6 Å². The fraction of sp³-hybridized carbons (Fsp3) is 0.308. The molecule has 0 aliphatic rings. The van der Waals surface area contributed by atoms with Crippen molar-refractivity contribution >= 4 is 17.5 Å². The maximum Gasteiger partial charge on any atom is 0.303 e. The number of aromatic nitrogens is 2. The lowest BCUT2D eigenvalue weighted by atomic mass is 10.3. The van der Waals surface area contributed by atoms with Gasteiger partial charge in [0.05, 0.1) is 0 Å². The predicted molar refractivity (Wildman–Crippen MR) is 69.0 cm³/mol. The van der Waals surface area contributed by atoms with Gasteiger partial charge in [-0.25, -0.2) is 4.98 Å². The van der Waals surface area contributed by atoms with E-state index in [1.807, 2.05) is 24.4 Å². The van der Waals surface area contributed by atoms with Crippen LogP contribution in [0.5, 0.6) is 0 Å². The Hall–Kier alpha value is -2.37. The molecule has 1 N–H and O–H groups in total. The second-order valence-corrected chi connectivity index (χ2v) is 4.32. The molecule has 2 heterocycles. The SMILES string of the molecule is CN(CCCC(=O)O)C(=O)c1cn2ccccc2n1. The number of amides is 1. The number of nitrogens with zero attached hydrogens (tertiary/aromatic N) is 3. The van der Waals surface area contributed by atoms with Gasteiger partial charge in [-0.2, -0.15) is 0 Å². The molecule has 0 saturated heterocycles. The number of carboxylic acids is 1. The van der Waals surface area contributed by atoms with Crippen molar-refractivity contribution in [3.05, 3.63) is 36.3 Å². The summed E-state index contributed by atoms with van der Waals surface area (Å²) in [6, 6.07) is 5.54. The van der Waals surface area contributed by atoms with Crippen molar-refractivity contribution in [2.24, 2.45) is 0 Å². The third-order valence-electron chi connectivity index (χ3n) is 2.81. The molecule has 0 unspecified atom stereocenters. The van der Waals surface area contributed by atoms with Crippen LogP contribution in [0.4, 0.5) is 0 Å². The molecule has 19 heavy (non-hydrogen) atoms. The summed E-state index contributed by atoms with van der Waals surface area (Å²) in [5.41, 5.74) is 1.08. The minimum absolute atomic E-state index is 0.0583. The summed E-state index contributed by atoms with van der Waals surface area (Å²) in [5.74, 6) is -1.05. The molecule has 0 aliphatic heterocycles. The average molecular weight is 261 g/mol. The Bertz CT molecular complexity index is 573. The van der Waals surface area contributed by atoms with Crippen molar-refractivity contribution in [1.29, 1.82) is 0 Å². The van der Waals surface area contributed by atoms with E-state index in [4.69, 9.17) is 5.11 Å². The first kappa shape index (κ1) is 13.1. The molecular formula is C13H15N3O3. The predicted octanol–water partition coefficient (Wildman–Crippen LogP) is 1.27. The Morgan fingerprint density at radius 2 is 2.21 bits per heavy atom. The summed E-state index contributed by atoms with van der Waals surface area (Å²) in [7, 11) is 1.65. The van der Waals surface area contributed by atoms with E-state index in [1.165, 1.54) is 4.90 Å². The van der Waals surface area contributed by atoms with Gasteiger partial charge in [0.15, 0.2) is 0 Å². The molecule has 0 atom stereocenters. The summed E-state index contributed by atoms with van der Waals surface area (Å²) in [6.45, 7) is 0.402. The summed E-state index contributed by atoms with van der Waals surface area (Å²) in [5, 5.41) is 8.56. The van der Waals surface area contributed by atoms with Crippen LogP contribution in [0.3, 0.4) is 0 Å². The summed E-state index contributed by atoms with van der Waals surface area (Å²) < 4.78 is 1.78. The molecule has 0 bridgehead atoms. The molecule has 2 aromatic rings. The van der Waals surface area contributed by atoms with Crippen LogP contribution in [0.15, 0.2) is 30.6 Å². The van der Waals surface area contributed by atoms with E-state index in [0.717, 1.165) is 0 Å². The van der Waals surface area contributed by atoms with Gasteiger partial charge in [0.2, 0.25) is 0 Å². The first-order chi connectivity index (χ1) is 9.08. The van der Waals surface area contributed by atoms with E-state index < -0.39 is 5.97 Å². The third-order valence-corrected chi connectivity index (χ3v) is 2.81. The highest BCUT2D eigenvalue weighted by atomic mass is 16.4. The van der Waals surface area contributed by atoms with Gasteiger partial charge in [0.1, 0.15) is 11.3 Å². The highest BCUT2D eigenvalue weighted by Gasteiger charge is 2.15. The quantitative estimate of drug-likeness (QED) is 0.879. The Balaban J connectivity index is 2.04. The number of fused-ring (bicyclic) bond motifs is 1. The lowest BCUT2D eigenvalue weighted by Gasteiger charge is -2.14. The van der Waals surface area contributed by atoms with Gasteiger partial charge in [-0.3, -0.25) is 9.59 Å². The number of hydrogen-bond acceptors (Lipinski definition) is 3. The van der Waals surface area contributed by atoms with E-state index in [9.17, 15) is 9.59 Å². The third kappa shape index (κ3) is 3.09. The molecule has 0 aliphatic carbocycles. The standard InChI is InChI=1S/C13H15N3O3/c1-15(7-4-6-12(17)18)13(19)10-9-16-8-3-2-5-11(16)14-10/h2-3,5,8-9H,4,6-7H2,1H3,(H,17,18). The van der Waals surface area contributed by atoms with Gasteiger partial charge in [0, 0.05) is 32.4 Å². The topological polar surface area (TPSA) is 74.9 Å². The molecule has 6 nitrogen and oxygen atoms in total. The fourth-order valence-corrected chi connectivity index (χ4v) is 1.80. The average Bonchev–Trinajstić information content (AvgIpc) is 2.80. The zero-order valence-corrected chi connectivity index (χ0v) is 10.6. The number of rotatable bonds is 5. The number of carboxylic acid groups (broad SMARTS) is 1. The van der Waals surface area contributed by atoms with Gasteiger partial charge < -0.3 is 14.4 Å². The van der Waals surface area contributed by atoms with Crippen LogP contribution in [0, 0.1) is 0 Å². The smallest absolute Gasteiger partial charge is 0.303 e. The zero-order chi connectivity index (χ0) is 13.8. The zero-order valence-electron chi connectivity index (χ0n) is 10.6. The van der Waals surface area contributed by atoms with E-state index in [1.54, 1.807) is 17.6 Å². The molecule has 0 saturated carbocycles. The highest BCUT2D eigenvalue weighted by molar-refractivity contribution is 5.92.